The Kier molecular flexibility index (Phi) is 3.50. The number of carbonyl (C=O) groups is 1. The number of aliphatic hydroxyl groups is 1. The molecule has 1 aromatic heterocycles. The van der Waals surface area contributed by atoms with Gasteiger partial charge in [-0.2, -0.15) is 0 Å². The van der Waals surface area contributed by atoms with Gasteiger partial charge in [-0.25, -0.2) is 0 Å². The molecule has 1 aromatic carbocycles. The number of fused-ring (bicyclic) bond motifs is 1. The van der Waals surface area contributed by atoms with Crippen molar-refractivity contribution in [2.24, 2.45) is 0 Å². The van der Waals surface area contributed by atoms with Crippen LogP contribution in [0.3, 0.4) is 0 Å². The average Bonchev–Trinajstić information content (AvgIpc) is 3.13. The first-order chi connectivity index (χ1) is 8.31. The van der Waals surface area contributed by atoms with Crippen molar-refractivity contribution in [1.82, 2.24) is 4.98 Å². The number of carbonyl (C=O) groups excluding carboxylic acids is 1. The number of nitrogens with one attached hydrogen (secondary N) is 1. The van der Waals surface area contributed by atoms with Crippen LogP contribution in [-0.4, -0.2) is 23.5 Å². The van der Waals surface area contributed by atoms with Crippen molar-refractivity contribution in [2.75, 3.05) is 7.11 Å². The van der Waals surface area contributed by atoms with Crippen LogP contribution >= 0.6 is 11.6 Å². The van der Waals surface area contributed by atoms with Gasteiger partial charge in [-0.05, 0) is 30.4 Å². The molecule has 4 heteroatoms. The molecule has 0 amide bonds. The summed E-state index contributed by atoms with van der Waals surface area (Å²) in [4.78, 5) is 14.1. The third-order valence-corrected chi connectivity index (χ3v) is 3.27. The number of aromatic nitrogens is 1. The molecule has 1 saturated carbocycles. The Balaban J connectivity index is 0.000000514. The highest BCUT2D eigenvalue weighted by molar-refractivity contribution is 6.35. The van der Waals surface area contributed by atoms with Crippen LogP contribution < -0.4 is 0 Å². The maximum absolute atomic E-state index is 11.0. The molecule has 90 valence electrons. The standard InChI is InChI=1S/C12H10ClNO.CH4O/c13-9-3-1-2-8-11(7-4-5-7)10(6-15)14-12(8)9;1-2/h1-3,6-7,14H,4-5H2;2H,1H3. The van der Waals surface area contributed by atoms with Gasteiger partial charge in [0.2, 0.25) is 0 Å². The Morgan fingerprint density at radius 2 is 2.12 bits per heavy atom. The van der Waals surface area contributed by atoms with Crippen molar-refractivity contribution >= 4 is 28.8 Å². The van der Waals surface area contributed by atoms with Crippen molar-refractivity contribution in [2.45, 2.75) is 18.8 Å². The number of hydrogen-bond acceptors (Lipinski definition) is 2. The number of benzene rings is 1. The molecule has 0 radical (unpaired) electrons. The summed E-state index contributed by atoms with van der Waals surface area (Å²) in [5.74, 6) is 0.553. The van der Waals surface area contributed by atoms with E-state index in [1.807, 2.05) is 18.2 Å². The molecule has 1 aliphatic rings. The fraction of sp³-hybridized carbons (Fsp3) is 0.308. The second kappa shape index (κ2) is 4.90. The van der Waals surface area contributed by atoms with E-state index in [4.69, 9.17) is 16.7 Å². The molecule has 0 saturated heterocycles. The Morgan fingerprint density at radius 3 is 2.71 bits per heavy atom. The lowest BCUT2D eigenvalue weighted by molar-refractivity contribution is 0.111. The number of aromatic amines is 1. The lowest BCUT2D eigenvalue weighted by Gasteiger charge is -1.96. The van der Waals surface area contributed by atoms with Gasteiger partial charge in [-0.15, -0.1) is 0 Å². The lowest BCUT2D eigenvalue weighted by Crippen LogP contribution is -1.85. The molecule has 3 nitrogen and oxygen atoms in total. The van der Waals surface area contributed by atoms with E-state index < -0.39 is 0 Å². The van der Waals surface area contributed by atoms with E-state index in [1.165, 1.54) is 12.8 Å². The third kappa shape index (κ3) is 2.08. The number of para-hydroxylation sites is 1. The fourth-order valence-electron chi connectivity index (χ4n) is 2.13. The van der Waals surface area contributed by atoms with Gasteiger partial charge in [0, 0.05) is 12.5 Å². The quantitative estimate of drug-likeness (QED) is 0.806. The zero-order chi connectivity index (χ0) is 12.4. The summed E-state index contributed by atoms with van der Waals surface area (Å²) >= 11 is 6.08. The van der Waals surface area contributed by atoms with Gasteiger partial charge in [0.15, 0.2) is 6.29 Å². The maximum atomic E-state index is 11.0. The van der Waals surface area contributed by atoms with Crippen molar-refractivity contribution in [1.29, 1.82) is 0 Å². The number of rotatable bonds is 2. The van der Waals surface area contributed by atoms with Crippen molar-refractivity contribution in [3.63, 3.8) is 0 Å². The monoisotopic (exact) mass is 251 g/mol. The summed E-state index contributed by atoms with van der Waals surface area (Å²) in [7, 11) is 1.00. The smallest absolute Gasteiger partial charge is 0.166 e. The topological polar surface area (TPSA) is 53.1 Å². The second-order valence-electron chi connectivity index (χ2n) is 4.01. The minimum absolute atomic E-state index is 0.553. The van der Waals surface area contributed by atoms with Gasteiger partial charge >= 0.3 is 0 Å². The molecule has 2 N–H and O–H groups in total. The molecular weight excluding hydrogens is 238 g/mol. The maximum Gasteiger partial charge on any atom is 0.166 e. The van der Waals surface area contributed by atoms with Crippen LogP contribution in [0.1, 0.15) is 34.8 Å². The summed E-state index contributed by atoms with van der Waals surface area (Å²) in [5.41, 5.74) is 2.74. The van der Waals surface area contributed by atoms with Crippen LogP contribution in [0.15, 0.2) is 18.2 Å². The van der Waals surface area contributed by atoms with E-state index in [0.717, 1.165) is 29.9 Å². The van der Waals surface area contributed by atoms with Crippen LogP contribution in [0, 0.1) is 0 Å². The van der Waals surface area contributed by atoms with E-state index in [0.29, 0.717) is 16.6 Å². The minimum Gasteiger partial charge on any atom is -0.400 e. The highest BCUT2D eigenvalue weighted by Crippen LogP contribution is 2.45. The molecular formula is C13H14ClNO2. The van der Waals surface area contributed by atoms with Gasteiger partial charge in [-0.3, -0.25) is 4.79 Å². The summed E-state index contributed by atoms with van der Waals surface area (Å²) in [6, 6.07) is 5.79. The first kappa shape index (κ1) is 12.1. The SMILES string of the molecule is CO.O=Cc1[nH]c2c(Cl)cccc2c1C1CC1. The van der Waals surface area contributed by atoms with Crippen LogP contribution in [0.5, 0.6) is 0 Å². The second-order valence-corrected chi connectivity index (χ2v) is 4.41. The van der Waals surface area contributed by atoms with Crippen LogP contribution in [0.4, 0.5) is 0 Å². The molecule has 1 heterocycles. The van der Waals surface area contributed by atoms with Crippen molar-refractivity contribution in [3.05, 3.63) is 34.5 Å². The van der Waals surface area contributed by atoms with Crippen LogP contribution in [0.2, 0.25) is 5.02 Å². The average molecular weight is 252 g/mol. The van der Waals surface area contributed by atoms with Gasteiger partial charge in [0.05, 0.1) is 16.2 Å². The number of aldehydes is 1. The predicted molar refractivity (Wildman–Crippen MR) is 68.8 cm³/mol. The Labute approximate surface area is 104 Å². The molecule has 1 fully saturated rings. The molecule has 1 aliphatic carbocycles. The van der Waals surface area contributed by atoms with E-state index >= 15 is 0 Å². The van der Waals surface area contributed by atoms with Crippen molar-refractivity contribution in [3.8, 4) is 0 Å². The summed E-state index contributed by atoms with van der Waals surface area (Å²) < 4.78 is 0. The molecule has 0 bridgehead atoms. The molecule has 3 rings (SSSR count). The largest absolute Gasteiger partial charge is 0.400 e. The summed E-state index contributed by atoms with van der Waals surface area (Å²) in [6.07, 6.45) is 3.25. The first-order valence-electron chi connectivity index (χ1n) is 5.51. The molecule has 0 unspecified atom stereocenters. The van der Waals surface area contributed by atoms with Crippen LogP contribution in [0.25, 0.3) is 10.9 Å². The van der Waals surface area contributed by atoms with E-state index in [-0.39, 0.29) is 0 Å². The number of aliphatic hydroxyl groups excluding tert-OH is 1. The number of hydrogen-bond donors (Lipinski definition) is 2. The highest BCUT2D eigenvalue weighted by atomic mass is 35.5. The zero-order valence-corrected chi connectivity index (χ0v) is 10.3. The number of halogens is 1. The summed E-state index contributed by atoms with van der Waals surface area (Å²) in [5, 5.41) is 8.79. The van der Waals surface area contributed by atoms with E-state index in [2.05, 4.69) is 4.98 Å². The molecule has 0 aliphatic heterocycles. The van der Waals surface area contributed by atoms with E-state index in [1.54, 1.807) is 0 Å². The fourth-order valence-corrected chi connectivity index (χ4v) is 2.35. The number of H-pyrrole nitrogens is 1. The normalized spacial score (nSPS) is 14.3. The van der Waals surface area contributed by atoms with E-state index in [9.17, 15) is 4.79 Å². The van der Waals surface area contributed by atoms with Gasteiger partial charge in [-0.1, -0.05) is 23.7 Å². The molecule has 0 spiro atoms. The minimum atomic E-state index is 0.553. The van der Waals surface area contributed by atoms with Gasteiger partial charge < -0.3 is 10.1 Å². The zero-order valence-electron chi connectivity index (χ0n) is 9.53. The van der Waals surface area contributed by atoms with Gasteiger partial charge in [0.25, 0.3) is 0 Å². The van der Waals surface area contributed by atoms with Crippen LogP contribution in [-0.2, 0) is 0 Å². The first-order valence-corrected chi connectivity index (χ1v) is 5.89. The summed E-state index contributed by atoms with van der Waals surface area (Å²) in [6.45, 7) is 0. The Hall–Kier alpha value is -1.32. The predicted octanol–water partition coefficient (Wildman–Crippen LogP) is 3.12. The Morgan fingerprint density at radius 1 is 1.41 bits per heavy atom. The molecule has 17 heavy (non-hydrogen) atoms. The lowest BCUT2D eigenvalue weighted by atomic mass is 10.1. The highest BCUT2D eigenvalue weighted by Gasteiger charge is 2.29. The molecule has 0 atom stereocenters. The Bertz CT molecular complexity index is 544. The third-order valence-electron chi connectivity index (χ3n) is 2.96. The van der Waals surface area contributed by atoms with Crippen molar-refractivity contribution < 1.29 is 9.90 Å². The molecule has 2 aromatic rings. The van der Waals surface area contributed by atoms with Gasteiger partial charge in [0.1, 0.15) is 0 Å².